The van der Waals surface area contributed by atoms with Crippen LogP contribution in [-0.2, 0) is 11.3 Å². The maximum Gasteiger partial charge on any atom is 0.134 e. The normalized spacial score (nSPS) is 12.7. The molecule has 0 bridgehead atoms. The highest BCUT2D eigenvalue weighted by Gasteiger charge is 2.05. The predicted molar refractivity (Wildman–Crippen MR) is 63.7 cm³/mol. The number of methoxy groups -OCH3 is 1. The van der Waals surface area contributed by atoms with Gasteiger partial charge in [-0.25, -0.2) is 0 Å². The van der Waals surface area contributed by atoms with Gasteiger partial charge in [0, 0.05) is 19.7 Å². The zero-order valence-corrected chi connectivity index (χ0v) is 10.4. The van der Waals surface area contributed by atoms with Crippen molar-refractivity contribution in [3.05, 3.63) is 16.3 Å². The highest BCUT2D eigenvalue weighted by atomic mass is 32.1. The van der Waals surface area contributed by atoms with Crippen LogP contribution < -0.4 is 10.1 Å². The summed E-state index contributed by atoms with van der Waals surface area (Å²) in [6.45, 7) is 6.57. The first-order valence-corrected chi connectivity index (χ1v) is 6.08. The van der Waals surface area contributed by atoms with Crippen molar-refractivity contribution < 1.29 is 9.47 Å². The van der Waals surface area contributed by atoms with E-state index in [0.29, 0.717) is 0 Å². The van der Waals surface area contributed by atoms with Gasteiger partial charge in [0.2, 0.25) is 0 Å². The summed E-state index contributed by atoms with van der Waals surface area (Å²) in [5, 5.41) is 5.40. The van der Waals surface area contributed by atoms with E-state index >= 15 is 0 Å². The van der Waals surface area contributed by atoms with Gasteiger partial charge < -0.3 is 14.8 Å². The Morgan fingerprint density at radius 3 is 3.00 bits per heavy atom. The molecule has 1 N–H and O–H groups in total. The monoisotopic (exact) mass is 229 g/mol. The van der Waals surface area contributed by atoms with Crippen molar-refractivity contribution in [1.82, 2.24) is 5.32 Å². The molecule has 0 amide bonds. The molecule has 4 heteroatoms. The summed E-state index contributed by atoms with van der Waals surface area (Å²) < 4.78 is 10.7. The first-order chi connectivity index (χ1) is 7.27. The molecule has 0 aromatic carbocycles. The number of rotatable bonds is 7. The van der Waals surface area contributed by atoms with Crippen molar-refractivity contribution in [2.75, 3.05) is 20.3 Å². The van der Waals surface area contributed by atoms with E-state index < -0.39 is 0 Å². The Hall–Kier alpha value is -0.580. The minimum absolute atomic E-state index is 0.265. The lowest BCUT2D eigenvalue weighted by atomic mass is 10.3. The van der Waals surface area contributed by atoms with Crippen LogP contribution in [0, 0.1) is 0 Å². The number of ether oxygens (including phenoxy) is 2. The Morgan fingerprint density at radius 2 is 2.33 bits per heavy atom. The molecule has 0 aliphatic heterocycles. The third-order valence-corrected chi connectivity index (χ3v) is 3.00. The molecular formula is C11H19NO2S. The quantitative estimate of drug-likeness (QED) is 0.778. The molecule has 1 heterocycles. The maximum absolute atomic E-state index is 5.43. The van der Waals surface area contributed by atoms with Crippen molar-refractivity contribution in [3.63, 3.8) is 0 Å². The lowest BCUT2D eigenvalue weighted by Gasteiger charge is -2.12. The summed E-state index contributed by atoms with van der Waals surface area (Å²) in [7, 11) is 1.70. The largest absolute Gasteiger partial charge is 0.496 e. The average molecular weight is 229 g/mol. The van der Waals surface area contributed by atoms with Crippen LogP contribution in [0.2, 0.25) is 0 Å². The molecule has 1 rings (SSSR count). The second-order valence-electron chi connectivity index (χ2n) is 3.31. The van der Waals surface area contributed by atoms with E-state index in [1.54, 1.807) is 18.4 Å². The van der Waals surface area contributed by atoms with E-state index in [1.807, 2.05) is 18.4 Å². The molecule has 0 fully saturated rings. The van der Waals surface area contributed by atoms with E-state index in [-0.39, 0.29) is 6.10 Å². The van der Waals surface area contributed by atoms with Crippen LogP contribution in [-0.4, -0.2) is 26.4 Å². The molecular weight excluding hydrogens is 210 g/mol. The molecule has 0 saturated carbocycles. The van der Waals surface area contributed by atoms with Gasteiger partial charge in [-0.2, -0.15) is 0 Å². The molecule has 0 aliphatic carbocycles. The molecule has 1 unspecified atom stereocenters. The second kappa shape index (κ2) is 6.82. The molecule has 1 atom stereocenters. The number of nitrogens with one attached hydrogen (secondary N) is 1. The average Bonchev–Trinajstić information content (AvgIpc) is 2.66. The highest BCUT2D eigenvalue weighted by Crippen LogP contribution is 2.23. The molecule has 1 aromatic rings. The minimum Gasteiger partial charge on any atom is -0.496 e. The summed E-state index contributed by atoms with van der Waals surface area (Å²) in [5.74, 6) is 0.969. The predicted octanol–water partition coefficient (Wildman–Crippen LogP) is 2.27. The van der Waals surface area contributed by atoms with Crippen molar-refractivity contribution in [1.29, 1.82) is 0 Å². The molecule has 0 saturated heterocycles. The summed E-state index contributed by atoms with van der Waals surface area (Å²) in [5.41, 5.74) is 0. The van der Waals surface area contributed by atoms with Crippen molar-refractivity contribution >= 4 is 11.3 Å². The number of hydrogen-bond donors (Lipinski definition) is 1. The van der Waals surface area contributed by atoms with Gasteiger partial charge in [0.1, 0.15) is 5.75 Å². The van der Waals surface area contributed by atoms with E-state index in [4.69, 9.17) is 9.47 Å². The molecule has 15 heavy (non-hydrogen) atoms. The zero-order valence-electron chi connectivity index (χ0n) is 9.58. The SMILES string of the molecule is CCOC(C)CNCc1sccc1OC. The van der Waals surface area contributed by atoms with Crippen molar-refractivity contribution in [3.8, 4) is 5.75 Å². The van der Waals surface area contributed by atoms with Gasteiger partial charge in [0.25, 0.3) is 0 Å². The molecule has 0 spiro atoms. The fourth-order valence-electron chi connectivity index (χ4n) is 1.37. The van der Waals surface area contributed by atoms with Crippen LogP contribution in [0.15, 0.2) is 11.4 Å². The van der Waals surface area contributed by atoms with Crippen LogP contribution >= 0.6 is 11.3 Å². The summed E-state index contributed by atoms with van der Waals surface area (Å²) >= 11 is 1.71. The standard InChI is InChI=1S/C11H19NO2S/c1-4-14-9(2)7-12-8-11-10(13-3)5-6-15-11/h5-6,9,12H,4,7-8H2,1-3H3. The number of hydrogen-bond acceptors (Lipinski definition) is 4. The first kappa shape index (κ1) is 12.5. The Morgan fingerprint density at radius 1 is 1.53 bits per heavy atom. The van der Waals surface area contributed by atoms with Crippen molar-refractivity contribution in [2.24, 2.45) is 0 Å². The molecule has 86 valence electrons. The topological polar surface area (TPSA) is 30.5 Å². The van der Waals surface area contributed by atoms with Gasteiger partial charge in [0.05, 0.1) is 18.1 Å². The molecule has 1 aromatic heterocycles. The van der Waals surface area contributed by atoms with Gasteiger partial charge >= 0.3 is 0 Å². The van der Waals surface area contributed by atoms with Gasteiger partial charge in [-0.3, -0.25) is 0 Å². The summed E-state index contributed by atoms with van der Waals surface area (Å²) in [6.07, 6.45) is 0.265. The Labute approximate surface area is 95.4 Å². The Bertz CT molecular complexity index is 275. The lowest BCUT2D eigenvalue weighted by Crippen LogP contribution is -2.26. The first-order valence-electron chi connectivity index (χ1n) is 5.20. The lowest BCUT2D eigenvalue weighted by molar-refractivity contribution is 0.0759. The van der Waals surface area contributed by atoms with E-state index in [0.717, 1.165) is 25.4 Å². The van der Waals surface area contributed by atoms with Crippen LogP contribution in [0.25, 0.3) is 0 Å². The third kappa shape index (κ3) is 4.20. The van der Waals surface area contributed by atoms with Crippen LogP contribution in [0.4, 0.5) is 0 Å². The smallest absolute Gasteiger partial charge is 0.134 e. The summed E-state index contributed by atoms with van der Waals surface area (Å²) in [4.78, 5) is 1.24. The molecule has 3 nitrogen and oxygen atoms in total. The second-order valence-corrected chi connectivity index (χ2v) is 4.31. The van der Waals surface area contributed by atoms with Gasteiger partial charge in [0.15, 0.2) is 0 Å². The summed E-state index contributed by atoms with van der Waals surface area (Å²) in [6, 6.07) is 1.99. The maximum atomic E-state index is 5.43. The fraction of sp³-hybridized carbons (Fsp3) is 0.636. The van der Waals surface area contributed by atoms with Crippen LogP contribution in [0.3, 0.4) is 0 Å². The van der Waals surface area contributed by atoms with Crippen LogP contribution in [0.5, 0.6) is 5.75 Å². The minimum atomic E-state index is 0.265. The Balaban J connectivity index is 2.25. The van der Waals surface area contributed by atoms with Crippen molar-refractivity contribution in [2.45, 2.75) is 26.5 Å². The Kier molecular flexibility index (Phi) is 5.68. The molecule has 0 radical (unpaired) electrons. The molecule has 0 aliphatic rings. The van der Waals surface area contributed by atoms with E-state index in [9.17, 15) is 0 Å². The zero-order chi connectivity index (χ0) is 11.1. The number of thiophene rings is 1. The highest BCUT2D eigenvalue weighted by molar-refractivity contribution is 7.10. The van der Waals surface area contributed by atoms with E-state index in [2.05, 4.69) is 12.2 Å². The van der Waals surface area contributed by atoms with Crippen LogP contribution in [0.1, 0.15) is 18.7 Å². The van der Waals surface area contributed by atoms with E-state index in [1.165, 1.54) is 4.88 Å². The van der Waals surface area contributed by atoms with Gasteiger partial charge in [-0.1, -0.05) is 0 Å². The van der Waals surface area contributed by atoms with Gasteiger partial charge in [-0.15, -0.1) is 11.3 Å². The third-order valence-electron chi connectivity index (χ3n) is 2.09. The fourth-order valence-corrected chi connectivity index (χ4v) is 2.18. The van der Waals surface area contributed by atoms with Gasteiger partial charge in [-0.05, 0) is 25.3 Å².